The van der Waals surface area contributed by atoms with Crippen LogP contribution in [0.15, 0.2) is 30.8 Å². The number of halogens is 3. The number of hydrogen-bond acceptors (Lipinski definition) is 2. The second-order valence-electron chi connectivity index (χ2n) is 3.01. The molecule has 0 aromatic heterocycles. The summed E-state index contributed by atoms with van der Waals surface area (Å²) < 4.78 is 41.7. The zero-order valence-corrected chi connectivity index (χ0v) is 8.47. The molecular formula is C11H9F3O2. The van der Waals surface area contributed by atoms with E-state index in [4.69, 9.17) is 0 Å². The summed E-state index contributed by atoms with van der Waals surface area (Å²) in [6, 6.07) is 5.30. The van der Waals surface area contributed by atoms with Crippen molar-refractivity contribution >= 4 is 11.5 Å². The van der Waals surface area contributed by atoms with Crippen molar-refractivity contribution < 1.29 is 22.7 Å². The molecule has 0 saturated heterocycles. The van der Waals surface area contributed by atoms with Crippen molar-refractivity contribution in [3.63, 3.8) is 0 Å². The first kappa shape index (κ1) is 12.3. The highest BCUT2D eigenvalue weighted by Gasteiger charge is 2.34. The van der Waals surface area contributed by atoms with Crippen LogP contribution in [0.25, 0.3) is 5.57 Å². The average Bonchev–Trinajstić information content (AvgIpc) is 2.25. The highest BCUT2D eigenvalue weighted by Crippen LogP contribution is 2.33. The largest absolute Gasteiger partial charge is 0.465 e. The van der Waals surface area contributed by atoms with Gasteiger partial charge in [-0.15, -0.1) is 0 Å². The van der Waals surface area contributed by atoms with Crippen LogP contribution in [0.2, 0.25) is 0 Å². The number of carbonyl (C=O) groups excluding carboxylic acids is 1. The Hall–Kier alpha value is -1.78. The number of allylic oxidation sites excluding steroid dienone is 1. The zero-order valence-electron chi connectivity index (χ0n) is 8.47. The van der Waals surface area contributed by atoms with Gasteiger partial charge in [0.05, 0.1) is 18.2 Å². The van der Waals surface area contributed by atoms with Crippen LogP contribution < -0.4 is 0 Å². The maximum absolute atomic E-state index is 12.4. The quantitative estimate of drug-likeness (QED) is 0.730. The van der Waals surface area contributed by atoms with Gasteiger partial charge in [-0.2, -0.15) is 13.2 Å². The van der Waals surface area contributed by atoms with Gasteiger partial charge >= 0.3 is 12.1 Å². The third kappa shape index (κ3) is 2.42. The molecule has 0 saturated carbocycles. The molecule has 0 fully saturated rings. The van der Waals surface area contributed by atoms with Gasteiger partial charge in [-0.05, 0) is 6.07 Å². The Labute approximate surface area is 90.3 Å². The average molecular weight is 230 g/mol. The standard InChI is InChI=1S/C11H9F3O2/c1-7(11(12,13)14)8-5-3-4-6-9(8)10(15)16-2/h3-6H,1H2,2H3. The van der Waals surface area contributed by atoms with Gasteiger partial charge < -0.3 is 4.74 Å². The van der Waals surface area contributed by atoms with E-state index in [0.29, 0.717) is 0 Å². The van der Waals surface area contributed by atoms with Crippen LogP contribution in [0.1, 0.15) is 15.9 Å². The molecule has 0 atom stereocenters. The predicted molar refractivity (Wildman–Crippen MR) is 52.9 cm³/mol. The first-order chi connectivity index (χ1) is 7.38. The van der Waals surface area contributed by atoms with Gasteiger partial charge in [0, 0.05) is 5.56 Å². The number of carbonyl (C=O) groups is 1. The van der Waals surface area contributed by atoms with E-state index < -0.39 is 17.7 Å². The Morgan fingerprint density at radius 2 is 1.75 bits per heavy atom. The molecule has 0 bridgehead atoms. The maximum Gasteiger partial charge on any atom is 0.416 e. The summed E-state index contributed by atoms with van der Waals surface area (Å²) in [5.41, 5.74) is -1.47. The molecule has 0 spiro atoms. The molecule has 0 N–H and O–H groups in total. The van der Waals surface area contributed by atoms with Gasteiger partial charge in [-0.1, -0.05) is 24.8 Å². The molecule has 0 aliphatic heterocycles. The van der Waals surface area contributed by atoms with E-state index in [1.54, 1.807) is 0 Å². The van der Waals surface area contributed by atoms with Gasteiger partial charge in [0.25, 0.3) is 0 Å². The van der Waals surface area contributed by atoms with E-state index in [1.165, 1.54) is 24.3 Å². The Balaban J connectivity index is 3.24. The molecule has 0 aliphatic carbocycles. The molecular weight excluding hydrogens is 221 g/mol. The van der Waals surface area contributed by atoms with Crippen LogP contribution >= 0.6 is 0 Å². The Morgan fingerprint density at radius 1 is 1.25 bits per heavy atom. The fourth-order valence-electron chi connectivity index (χ4n) is 1.19. The number of alkyl halides is 3. The number of ether oxygens (including phenoxy) is 1. The Bertz CT molecular complexity index is 421. The highest BCUT2D eigenvalue weighted by atomic mass is 19.4. The molecule has 0 unspecified atom stereocenters. The van der Waals surface area contributed by atoms with Gasteiger partial charge in [-0.25, -0.2) is 4.79 Å². The number of esters is 1. The van der Waals surface area contributed by atoms with Crippen molar-refractivity contribution in [2.75, 3.05) is 7.11 Å². The minimum atomic E-state index is -4.57. The molecule has 5 heteroatoms. The summed E-state index contributed by atoms with van der Waals surface area (Å²) in [4.78, 5) is 11.2. The summed E-state index contributed by atoms with van der Waals surface area (Å²) in [7, 11) is 1.11. The first-order valence-corrected chi connectivity index (χ1v) is 4.31. The zero-order chi connectivity index (χ0) is 12.3. The number of methoxy groups -OCH3 is 1. The minimum Gasteiger partial charge on any atom is -0.465 e. The Morgan fingerprint density at radius 3 is 2.19 bits per heavy atom. The van der Waals surface area contributed by atoms with Crippen LogP contribution in [0.3, 0.4) is 0 Å². The molecule has 0 radical (unpaired) electrons. The van der Waals surface area contributed by atoms with E-state index in [9.17, 15) is 18.0 Å². The van der Waals surface area contributed by atoms with Crippen molar-refractivity contribution in [1.29, 1.82) is 0 Å². The summed E-state index contributed by atoms with van der Waals surface area (Å²) in [5.74, 6) is -0.819. The third-order valence-electron chi connectivity index (χ3n) is 2.00. The van der Waals surface area contributed by atoms with Gasteiger partial charge in [-0.3, -0.25) is 0 Å². The molecule has 2 nitrogen and oxygen atoms in total. The van der Waals surface area contributed by atoms with Crippen molar-refractivity contribution in [2.45, 2.75) is 6.18 Å². The molecule has 0 amide bonds. The van der Waals surface area contributed by atoms with Gasteiger partial charge in [0.15, 0.2) is 0 Å². The minimum absolute atomic E-state index is 0.146. The number of rotatable bonds is 2. The summed E-state index contributed by atoms with van der Waals surface area (Å²) in [6.07, 6.45) is -4.57. The van der Waals surface area contributed by atoms with Crippen LogP contribution in [0.4, 0.5) is 13.2 Å². The highest BCUT2D eigenvalue weighted by molar-refractivity contribution is 5.95. The van der Waals surface area contributed by atoms with Crippen LogP contribution in [0, 0.1) is 0 Å². The summed E-state index contributed by atoms with van der Waals surface area (Å²) >= 11 is 0. The van der Waals surface area contributed by atoms with Gasteiger partial charge in [0.1, 0.15) is 0 Å². The molecule has 1 aromatic carbocycles. The fraction of sp³-hybridized carbons (Fsp3) is 0.182. The van der Waals surface area contributed by atoms with Crippen LogP contribution in [0.5, 0.6) is 0 Å². The fourth-order valence-corrected chi connectivity index (χ4v) is 1.19. The summed E-state index contributed by atoms with van der Waals surface area (Å²) in [5, 5.41) is 0. The van der Waals surface area contributed by atoms with Crippen molar-refractivity contribution in [3.8, 4) is 0 Å². The van der Waals surface area contributed by atoms with E-state index in [-0.39, 0.29) is 11.1 Å². The predicted octanol–water partition coefficient (Wildman–Crippen LogP) is 3.05. The van der Waals surface area contributed by atoms with E-state index in [1.807, 2.05) is 0 Å². The normalized spacial score (nSPS) is 11.0. The topological polar surface area (TPSA) is 26.3 Å². The number of hydrogen-bond donors (Lipinski definition) is 0. The van der Waals surface area contributed by atoms with E-state index in [2.05, 4.69) is 11.3 Å². The smallest absolute Gasteiger partial charge is 0.416 e. The second-order valence-corrected chi connectivity index (χ2v) is 3.01. The molecule has 0 aliphatic rings. The molecule has 0 heterocycles. The molecule has 16 heavy (non-hydrogen) atoms. The van der Waals surface area contributed by atoms with Crippen molar-refractivity contribution in [3.05, 3.63) is 42.0 Å². The van der Waals surface area contributed by atoms with Crippen LogP contribution in [-0.4, -0.2) is 19.3 Å². The second kappa shape index (κ2) is 4.38. The molecule has 1 rings (SSSR count). The van der Waals surface area contributed by atoms with E-state index >= 15 is 0 Å². The van der Waals surface area contributed by atoms with Crippen molar-refractivity contribution in [2.24, 2.45) is 0 Å². The first-order valence-electron chi connectivity index (χ1n) is 4.31. The molecule has 86 valence electrons. The number of benzene rings is 1. The third-order valence-corrected chi connectivity index (χ3v) is 2.00. The molecule has 1 aromatic rings. The lowest BCUT2D eigenvalue weighted by Crippen LogP contribution is -2.13. The monoisotopic (exact) mass is 230 g/mol. The van der Waals surface area contributed by atoms with E-state index in [0.717, 1.165) is 7.11 Å². The Kier molecular flexibility index (Phi) is 3.37. The summed E-state index contributed by atoms with van der Waals surface area (Å²) in [6.45, 7) is 2.94. The SMILES string of the molecule is C=C(c1ccccc1C(=O)OC)C(F)(F)F. The van der Waals surface area contributed by atoms with Gasteiger partial charge in [0.2, 0.25) is 0 Å². The lowest BCUT2D eigenvalue weighted by molar-refractivity contribution is -0.0686. The van der Waals surface area contributed by atoms with Crippen LogP contribution in [-0.2, 0) is 4.74 Å². The maximum atomic E-state index is 12.4. The van der Waals surface area contributed by atoms with Crippen molar-refractivity contribution in [1.82, 2.24) is 0 Å². The lowest BCUT2D eigenvalue weighted by atomic mass is 10.0. The lowest BCUT2D eigenvalue weighted by Gasteiger charge is -2.13.